The van der Waals surface area contributed by atoms with Gasteiger partial charge in [0, 0.05) is 0 Å². The van der Waals surface area contributed by atoms with Crippen molar-refractivity contribution >= 4 is 45.1 Å². The molecule has 0 unspecified atom stereocenters. The molecule has 6 nitrogen and oxygen atoms in total. The molecule has 1 aliphatic rings. The smallest absolute Gasteiger partial charge is 0.321 e. The Bertz CT molecular complexity index is 723. The molecule has 1 aromatic rings. The highest BCUT2D eigenvalue weighted by atomic mass is 35.5. The lowest BCUT2D eigenvalue weighted by Crippen LogP contribution is -2.53. The first-order valence-corrected chi connectivity index (χ1v) is 9.17. The summed E-state index contributed by atoms with van der Waals surface area (Å²) in [6.45, 7) is 1.72. The Hall–Kier alpha value is -1.31. The molecule has 0 radical (unpaired) electrons. The third kappa shape index (κ3) is 3.32. The molecule has 0 spiro atoms. The summed E-state index contributed by atoms with van der Waals surface area (Å²) in [6.07, 6.45) is 1.12. The van der Waals surface area contributed by atoms with Crippen molar-refractivity contribution in [3.8, 4) is 0 Å². The molecule has 1 saturated carbocycles. The second-order valence-electron chi connectivity index (χ2n) is 5.14. The van der Waals surface area contributed by atoms with Crippen LogP contribution in [0.3, 0.4) is 0 Å². The molecule has 1 aliphatic carbocycles. The highest BCUT2D eigenvalue weighted by molar-refractivity contribution is 7.90. The number of amides is 1. The van der Waals surface area contributed by atoms with Crippen molar-refractivity contribution in [3.05, 3.63) is 28.2 Å². The van der Waals surface area contributed by atoms with E-state index in [1.807, 2.05) is 4.72 Å². The third-order valence-corrected chi connectivity index (χ3v) is 6.01. The topological polar surface area (TPSA) is 89.5 Å². The molecule has 1 N–H and O–H groups in total. The minimum absolute atomic E-state index is 0.108. The van der Waals surface area contributed by atoms with E-state index in [1.165, 1.54) is 18.2 Å². The van der Waals surface area contributed by atoms with Crippen LogP contribution in [-0.4, -0.2) is 26.9 Å². The summed E-state index contributed by atoms with van der Waals surface area (Å²) in [5.74, 6) is -1.64. The quantitative estimate of drug-likeness (QED) is 0.626. The van der Waals surface area contributed by atoms with Gasteiger partial charge in [-0.2, -0.15) is 0 Å². The molecule has 9 heteroatoms. The van der Waals surface area contributed by atoms with Gasteiger partial charge >= 0.3 is 5.97 Å². The Morgan fingerprint density at radius 1 is 1.26 bits per heavy atom. The van der Waals surface area contributed by atoms with Gasteiger partial charge in [-0.25, -0.2) is 13.1 Å². The van der Waals surface area contributed by atoms with E-state index >= 15 is 0 Å². The molecule has 0 bridgehead atoms. The van der Waals surface area contributed by atoms with Crippen LogP contribution >= 0.6 is 23.2 Å². The maximum Gasteiger partial charge on any atom is 0.321 e. The molecule has 0 heterocycles. The number of rotatable bonds is 5. The Morgan fingerprint density at radius 2 is 1.83 bits per heavy atom. The predicted octanol–water partition coefficient (Wildman–Crippen LogP) is 2.53. The SMILES string of the molecule is CCOC(=O)C1(C(=O)NS(=O)(=O)c2c(Cl)cccc2Cl)CCC1. The Labute approximate surface area is 144 Å². The average molecular weight is 380 g/mol. The van der Waals surface area contributed by atoms with Crippen molar-refractivity contribution in [2.75, 3.05) is 6.61 Å². The van der Waals surface area contributed by atoms with E-state index in [0.29, 0.717) is 6.42 Å². The van der Waals surface area contributed by atoms with Gasteiger partial charge in [-0.1, -0.05) is 35.7 Å². The molecule has 2 rings (SSSR count). The molecule has 0 atom stereocenters. The first kappa shape index (κ1) is 18.0. The van der Waals surface area contributed by atoms with Crippen molar-refractivity contribution < 1.29 is 22.7 Å². The molecular weight excluding hydrogens is 365 g/mol. The molecular formula is C14H15Cl2NO5S. The van der Waals surface area contributed by atoms with Gasteiger partial charge in [0.25, 0.3) is 15.9 Å². The van der Waals surface area contributed by atoms with E-state index < -0.39 is 32.2 Å². The summed E-state index contributed by atoms with van der Waals surface area (Å²) in [7, 11) is -4.30. The van der Waals surface area contributed by atoms with Gasteiger partial charge in [0.15, 0.2) is 0 Å². The van der Waals surface area contributed by atoms with Crippen molar-refractivity contribution in [3.63, 3.8) is 0 Å². The van der Waals surface area contributed by atoms with E-state index in [1.54, 1.807) is 6.92 Å². The molecule has 23 heavy (non-hydrogen) atoms. The highest BCUT2D eigenvalue weighted by Gasteiger charge is 2.53. The Morgan fingerprint density at radius 3 is 2.26 bits per heavy atom. The predicted molar refractivity (Wildman–Crippen MR) is 84.7 cm³/mol. The zero-order chi connectivity index (χ0) is 17.3. The number of sulfonamides is 1. The van der Waals surface area contributed by atoms with Gasteiger partial charge in [0.2, 0.25) is 0 Å². The van der Waals surface area contributed by atoms with Crippen LogP contribution < -0.4 is 4.72 Å². The lowest BCUT2D eigenvalue weighted by molar-refractivity contribution is -0.166. The number of carbonyl (C=O) groups excluding carboxylic acids is 2. The summed E-state index contributed by atoms with van der Waals surface area (Å²) in [6, 6.07) is 4.17. The van der Waals surface area contributed by atoms with Crippen LogP contribution in [0, 0.1) is 5.41 Å². The molecule has 0 aromatic heterocycles. The van der Waals surface area contributed by atoms with Crippen LogP contribution in [0.5, 0.6) is 0 Å². The van der Waals surface area contributed by atoms with Crippen molar-refractivity contribution in [1.82, 2.24) is 4.72 Å². The van der Waals surface area contributed by atoms with Gasteiger partial charge < -0.3 is 4.74 Å². The largest absolute Gasteiger partial charge is 0.465 e. The minimum atomic E-state index is -4.30. The first-order chi connectivity index (χ1) is 10.7. The average Bonchev–Trinajstić information content (AvgIpc) is 2.36. The zero-order valence-electron chi connectivity index (χ0n) is 12.3. The molecule has 126 valence electrons. The van der Waals surface area contributed by atoms with Crippen LogP contribution in [0.25, 0.3) is 0 Å². The van der Waals surface area contributed by atoms with Crippen LogP contribution in [0.4, 0.5) is 0 Å². The maximum atomic E-state index is 12.4. The monoisotopic (exact) mass is 379 g/mol. The second kappa shape index (κ2) is 6.67. The second-order valence-corrected chi connectivity index (χ2v) is 7.58. The van der Waals surface area contributed by atoms with Crippen molar-refractivity contribution in [2.24, 2.45) is 5.41 Å². The van der Waals surface area contributed by atoms with Crippen LogP contribution in [0.2, 0.25) is 10.0 Å². The van der Waals surface area contributed by atoms with Gasteiger partial charge in [-0.05, 0) is 31.9 Å². The summed E-state index contributed by atoms with van der Waals surface area (Å²) >= 11 is 11.7. The van der Waals surface area contributed by atoms with Crippen LogP contribution in [0.15, 0.2) is 23.1 Å². The van der Waals surface area contributed by atoms with Crippen LogP contribution in [0.1, 0.15) is 26.2 Å². The maximum absolute atomic E-state index is 12.4. The third-order valence-electron chi connectivity index (χ3n) is 3.72. The van der Waals surface area contributed by atoms with Crippen LogP contribution in [-0.2, 0) is 24.3 Å². The molecule has 1 aromatic carbocycles. The Kier molecular flexibility index (Phi) is 5.23. The van der Waals surface area contributed by atoms with E-state index in [-0.39, 0.29) is 29.5 Å². The summed E-state index contributed by atoms with van der Waals surface area (Å²) < 4.78 is 31.6. The van der Waals surface area contributed by atoms with Gasteiger partial charge in [0.05, 0.1) is 16.7 Å². The number of halogens is 2. The number of hydrogen-bond donors (Lipinski definition) is 1. The number of nitrogens with one attached hydrogen (secondary N) is 1. The first-order valence-electron chi connectivity index (χ1n) is 6.93. The molecule has 1 fully saturated rings. The fourth-order valence-corrected chi connectivity index (χ4v) is 4.53. The van der Waals surface area contributed by atoms with E-state index in [0.717, 1.165) is 0 Å². The van der Waals surface area contributed by atoms with Crippen molar-refractivity contribution in [2.45, 2.75) is 31.1 Å². The molecule has 1 amide bonds. The zero-order valence-corrected chi connectivity index (χ0v) is 14.6. The number of esters is 1. The summed E-state index contributed by atoms with van der Waals surface area (Å²) in [5, 5.41) is -0.229. The minimum Gasteiger partial charge on any atom is -0.465 e. The van der Waals surface area contributed by atoms with Gasteiger partial charge in [-0.15, -0.1) is 0 Å². The summed E-state index contributed by atoms with van der Waals surface area (Å²) in [5.41, 5.74) is -1.46. The molecule has 0 aliphatic heterocycles. The van der Waals surface area contributed by atoms with E-state index in [2.05, 4.69) is 0 Å². The van der Waals surface area contributed by atoms with Gasteiger partial charge in [0.1, 0.15) is 10.3 Å². The van der Waals surface area contributed by atoms with E-state index in [9.17, 15) is 18.0 Å². The normalized spacial score (nSPS) is 16.3. The standard InChI is InChI=1S/C14H15Cl2NO5S/c1-2-22-13(19)14(7-4-8-14)12(18)17-23(20,21)11-9(15)5-3-6-10(11)16/h3,5-6H,2,4,7-8H2,1H3,(H,17,18). The van der Waals surface area contributed by atoms with Gasteiger partial charge in [-0.3, -0.25) is 9.59 Å². The number of carbonyl (C=O) groups is 2. The number of hydrogen-bond acceptors (Lipinski definition) is 5. The molecule has 0 saturated heterocycles. The van der Waals surface area contributed by atoms with E-state index in [4.69, 9.17) is 27.9 Å². The van der Waals surface area contributed by atoms with Crippen molar-refractivity contribution in [1.29, 1.82) is 0 Å². The highest BCUT2D eigenvalue weighted by Crippen LogP contribution is 2.43. The lowest BCUT2D eigenvalue weighted by Gasteiger charge is -2.37. The fraction of sp³-hybridized carbons (Fsp3) is 0.429. The summed E-state index contributed by atoms with van der Waals surface area (Å²) in [4.78, 5) is 24.0. The lowest BCUT2D eigenvalue weighted by atomic mass is 9.68. The number of benzene rings is 1. The fourth-order valence-electron chi connectivity index (χ4n) is 2.33. The number of ether oxygens (including phenoxy) is 1. The Balaban J connectivity index is 2.30.